The molecule has 2 saturated heterocycles. The molecule has 5 heteroatoms. The maximum absolute atomic E-state index is 13.6. The molecule has 1 aromatic rings. The first kappa shape index (κ1) is 18.3. The first-order valence-electron chi connectivity index (χ1n) is 9.57. The number of carbonyl (C=O) groups is 1. The van der Waals surface area contributed by atoms with Gasteiger partial charge in [-0.3, -0.25) is 9.69 Å². The van der Waals surface area contributed by atoms with Crippen LogP contribution in [0.2, 0.25) is 0 Å². The van der Waals surface area contributed by atoms with Gasteiger partial charge in [0.25, 0.3) is 0 Å². The summed E-state index contributed by atoms with van der Waals surface area (Å²) in [7, 11) is 2.19. The number of amides is 1. The summed E-state index contributed by atoms with van der Waals surface area (Å²) in [6.07, 6.45) is 5.46. The molecule has 0 radical (unpaired) electrons. The van der Waals surface area contributed by atoms with E-state index in [-0.39, 0.29) is 17.8 Å². The maximum Gasteiger partial charge on any atom is 0.220 e. The lowest BCUT2D eigenvalue weighted by Crippen LogP contribution is -2.53. The van der Waals surface area contributed by atoms with E-state index in [1.165, 1.54) is 32.0 Å². The van der Waals surface area contributed by atoms with Crippen molar-refractivity contribution in [2.75, 3.05) is 33.2 Å². The van der Waals surface area contributed by atoms with E-state index in [4.69, 9.17) is 0 Å². The minimum atomic E-state index is -0.221. The number of hydrogen-bond acceptors (Lipinski definition) is 3. The average molecular weight is 347 g/mol. The fourth-order valence-corrected chi connectivity index (χ4v) is 4.07. The van der Waals surface area contributed by atoms with Gasteiger partial charge in [-0.05, 0) is 70.4 Å². The lowest BCUT2D eigenvalue weighted by atomic mass is 9.98. The van der Waals surface area contributed by atoms with E-state index in [1.54, 1.807) is 12.1 Å². The Labute approximate surface area is 150 Å². The van der Waals surface area contributed by atoms with Crippen LogP contribution in [0.5, 0.6) is 0 Å². The minimum absolute atomic E-state index is 0.0403. The molecule has 1 N–H and O–H groups in total. The molecule has 0 spiro atoms. The molecule has 2 heterocycles. The standard InChI is InChI=1S/C20H30FN3O/c1-23-13-10-18(11-14-23)24-12-4-6-17(15-24)22-20(25)9-8-16-5-2-3-7-19(16)21/h2-3,5,7,17-18H,4,6,8-15H2,1H3,(H,22,25). The van der Waals surface area contributed by atoms with Crippen LogP contribution >= 0.6 is 0 Å². The number of rotatable bonds is 5. The molecule has 2 aliphatic heterocycles. The molecule has 0 aromatic heterocycles. The zero-order valence-electron chi connectivity index (χ0n) is 15.2. The highest BCUT2D eigenvalue weighted by atomic mass is 19.1. The largest absolute Gasteiger partial charge is 0.352 e. The Balaban J connectivity index is 1.44. The summed E-state index contributed by atoms with van der Waals surface area (Å²) in [6, 6.07) is 7.60. The zero-order valence-corrected chi connectivity index (χ0v) is 15.2. The van der Waals surface area contributed by atoms with Crippen molar-refractivity contribution in [3.05, 3.63) is 35.6 Å². The van der Waals surface area contributed by atoms with E-state index in [9.17, 15) is 9.18 Å². The third-order valence-electron chi connectivity index (χ3n) is 5.60. The van der Waals surface area contributed by atoms with Gasteiger partial charge in [0.2, 0.25) is 5.91 Å². The van der Waals surface area contributed by atoms with E-state index in [0.717, 1.165) is 25.9 Å². The maximum atomic E-state index is 13.6. The zero-order chi connectivity index (χ0) is 17.6. The molecular formula is C20H30FN3O. The number of piperidine rings is 2. The van der Waals surface area contributed by atoms with Crippen molar-refractivity contribution in [2.45, 2.75) is 50.6 Å². The van der Waals surface area contributed by atoms with Crippen LogP contribution in [0.1, 0.15) is 37.7 Å². The summed E-state index contributed by atoms with van der Waals surface area (Å²) >= 11 is 0. The normalized spacial score (nSPS) is 23.5. The van der Waals surface area contributed by atoms with Crippen LogP contribution in [0.4, 0.5) is 4.39 Å². The number of nitrogens with zero attached hydrogens (tertiary/aromatic N) is 2. The first-order chi connectivity index (χ1) is 12.1. The van der Waals surface area contributed by atoms with Gasteiger partial charge >= 0.3 is 0 Å². The van der Waals surface area contributed by atoms with Crippen molar-refractivity contribution in [1.82, 2.24) is 15.1 Å². The van der Waals surface area contributed by atoms with E-state index >= 15 is 0 Å². The van der Waals surface area contributed by atoms with Crippen LogP contribution in [0, 0.1) is 5.82 Å². The monoisotopic (exact) mass is 347 g/mol. The van der Waals surface area contributed by atoms with Crippen LogP contribution in [-0.4, -0.2) is 61.0 Å². The van der Waals surface area contributed by atoms with Crippen molar-refractivity contribution in [3.8, 4) is 0 Å². The average Bonchev–Trinajstić information content (AvgIpc) is 2.62. The summed E-state index contributed by atoms with van der Waals surface area (Å²) in [5, 5.41) is 3.17. The van der Waals surface area contributed by atoms with Gasteiger partial charge in [0.1, 0.15) is 5.82 Å². The van der Waals surface area contributed by atoms with Crippen LogP contribution in [0.3, 0.4) is 0 Å². The third-order valence-corrected chi connectivity index (χ3v) is 5.60. The molecule has 0 aliphatic carbocycles. The van der Waals surface area contributed by atoms with Gasteiger partial charge < -0.3 is 10.2 Å². The van der Waals surface area contributed by atoms with Gasteiger partial charge in [-0.15, -0.1) is 0 Å². The van der Waals surface area contributed by atoms with Crippen LogP contribution < -0.4 is 5.32 Å². The summed E-state index contributed by atoms with van der Waals surface area (Å²) in [4.78, 5) is 17.2. The number of halogens is 1. The second kappa shape index (κ2) is 8.77. The highest BCUT2D eigenvalue weighted by Gasteiger charge is 2.28. The number of aryl methyl sites for hydroxylation is 1. The van der Waals surface area contributed by atoms with Gasteiger partial charge in [0, 0.05) is 25.0 Å². The van der Waals surface area contributed by atoms with Crippen molar-refractivity contribution in [2.24, 2.45) is 0 Å². The Morgan fingerprint density at radius 3 is 2.72 bits per heavy atom. The molecule has 25 heavy (non-hydrogen) atoms. The molecule has 138 valence electrons. The Bertz CT molecular complexity index is 572. The van der Waals surface area contributed by atoms with Crippen molar-refractivity contribution < 1.29 is 9.18 Å². The van der Waals surface area contributed by atoms with Crippen LogP contribution in [0.15, 0.2) is 24.3 Å². The Kier molecular flexibility index (Phi) is 6.43. The lowest BCUT2D eigenvalue weighted by Gasteiger charge is -2.41. The van der Waals surface area contributed by atoms with Crippen molar-refractivity contribution in [3.63, 3.8) is 0 Å². The highest BCUT2D eigenvalue weighted by Crippen LogP contribution is 2.20. The number of nitrogens with one attached hydrogen (secondary N) is 1. The molecular weight excluding hydrogens is 317 g/mol. The Morgan fingerprint density at radius 1 is 1.20 bits per heavy atom. The molecule has 1 atom stereocenters. The summed E-state index contributed by atoms with van der Waals surface area (Å²) < 4.78 is 13.6. The first-order valence-corrected chi connectivity index (χ1v) is 9.57. The molecule has 3 rings (SSSR count). The Hall–Kier alpha value is -1.46. The smallest absolute Gasteiger partial charge is 0.220 e. The van der Waals surface area contributed by atoms with Crippen LogP contribution in [0.25, 0.3) is 0 Å². The summed E-state index contributed by atoms with van der Waals surface area (Å²) in [6.45, 7) is 4.44. The topological polar surface area (TPSA) is 35.6 Å². The molecule has 2 aliphatic rings. The SMILES string of the molecule is CN1CCC(N2CCCC(NC(=O)CCc3ccccc3F)C2)CC1. The number of hydrogen-bond donors (Lipinski definition) is 1. The lowest BCUT2D eigenvalue weighted by molar-refractivity contribution is -0.122. The van der Waals surface area contributed by atoms with Gasteiger partial charge in [-0.25, -0.2) is 4.39 Å². The molecule has 1 unspecified atom stereocenters. The predicted molar refractivity (Wildman–Crippen MR) is 98.0 cm³/mol. The molecule has 0 saturated carbocycles. The summed E-state index contributed by atoms with van der Waals surface area (Å²) in [5.74, 6) is -0.181. The molecule has 1 amide bonds. The van der Waals surface area contributed by atoms with Gasteiger partial charge in [0.05, 0.1) is 0 Å². The molecule has 4 nitrogen and oxygen atoms in total. The third kappa shape index (κ3) is 5.25. The quantitative estimate of drug-likeness (QED) is 0.889. The van der Waals surface area contributed by atoms with Crippen molar-refractivity contribution in [1.29, 1.82) is 0 Å². The molecule has 1 aromatic carbocycles. The molecule has 2 fully saturated rings. The second-order valence-electron chi connectivity index (χ2n) is 7.53. The summed E-state index contributed by atoms with van der Waals surface area (Å²) in [5.41, 5.74) is 0.620. The van der Waals surface area contributed by atoms with Crippen LogP contribution in [-0.2, 0) is 11.2 Å². The highest BCUT2D eigenvalue weighted by molar-refractivity contribution is 5.76. The Morgan fingerprint density at radius 2 is 1.96 bits per heavy atom. The van der Waals surface area contributed by atoms with Gasteiger partial charge in [-0.1, -0.05) is 18.2 Å². The number of benzene rings is 1. The fourth-order valence-electron chi connectivity index (χ4n) is 4.07. The van der Waals surface area contributed by atoms with Gasteiger partial charge in [-0.2, -0.15) is 0 Å². The van der Waals surface area contributed by atoms with Gasteiger partial charge in [0.15, 0.2) is 0 Å². The minimum Gasteiger partial charge on any atom is -0.352 e. The molecule has 0 bridgehead atoms. The number of carbonyl (C=O) groups excluding carboxylic acids is 1. The second-order valence-corrected chi connectivity index (χ2v) is 7.53. The fraction of sp³-hybridized carbons (Fsp3) is 0.650. The van der Waals surface area contributed by atoms with E-state index < -0.39 is 0 Å². The predicted octanol–water partition coefficient (Wildman–Crippen LogP) is 2.43. The van der Waals surface area contributed by atoms with E-state index in [0.29, 0.717) is 24.4 Å². The van der Waals surface area contributed by atoms with E-state index in [2.05, 4.69) is 22.2 Å². The van der Waals surface area contributed by atoms with E-state index in [1.807, 2.05) is 6.07 Å². The number of likely N-dealkylation sites (tertiary alicyclic amines) is 2. The van der Waals surface area contributed by atoms with Crippen molar-refractivity contribution >= 4 is 5.91 Å².